The number of aromatic nitrogens is 3. The largest absolute Gasteiger partial charge is 0.456 e. The second-order valence-corrected chi connectivity index (χ2v) is 15.1. The first-order chi connectivity index (χ1) is 26.3. The first-order valence-electron chi connectivity index (χ1n) is 17.9. The van der Waals surface area contributed by atoms with Crippen LogP contribution in [0.1, 0.15) is 0 Å². The lowest BCUT2D eigenvalue weighted by atomic mass is 9.95. The highest BCUT2D eigenvalue weighted by Gasteiger charge is 2.25. The summed E-state index contributed by atoms with van der Waals surface area (Å²) in [7, 11) is 0. The molecule has 0 amide bonds. The van der Waals surface area contributed by atoms with Gasteiger partial charge in [0.25, 0.3) is 0 Å². The van der Waals surface area contributed by atoms with Gasteiger partial charge in [-0.1, -0.05) is 103 Å². The third-order valence-corrected chi connectivity index (χ3v) is 12.4. The zero-order chi connectivity index (χ0) is 34.4. The average molecular weight is 692 g/mol. The number of para-hydroxylation sites is 1. The second-order valence-electron chi connectivity index (χ2n) is 14.1. The van der Waals surface area contributed by atoms with E-state index in [0.717, 1.165) is 71.9 Å². The van der Waals surface area contributed by atoms with Gasteiger partial charge in [0.15, 0.2) is 5.82 Å². The summed E-state index contributed by atoms with van der Waals surface area (Å²) in [5.74, 6) is 0.798. The van der Waals surface area contributed by atoms with Gasteiger partial charge in [0.1, 0.15) is 16.9 Å². The summed E-state index contributed by atoms with van der Waals surface area (Å²) < 4.78 is 11.4. The fourth-order valence-electron chi connectivity index (χ4n) is 9.09. The normalized spacial score (nSPS) is 12.5. The molecule has 13 aromatic rings. The molecule has 53 heavy (non-hydrogen) atoms. The van der Waals surface area contributed by atoms with E-state index in [1.165, 1.54) is 52.5 Å². The Morgan fingerprint density at radius 1 is 0.453 bits per heavy atom. The van der Waals surface area contributed by atoms with Crippen molar-refractivity contribution in [3.8, 4) is 17.1 Å². The van der Waals surface area contributed by atoms with E-state index in [1.54, 1.807) is 0 Å². The maximum Gasteiger partial charge on any atom is 0.165 e. The molecule has 0 aliphatic carbocycles. The van der Waals surface area contributed by atoms with Crippen LogP contribution in [0, 0.1) is 0 Å². The molecule has 0 fully saturated rings. The highest BCUT2D eigenvalue weighted by molar-refractivity contribution is 7.26. The molecule has 0 radical (unpaired) electrons. The molecule has 4 aromatic heterocycles. The number of hydrogen-bond acceptors (Lipinski definition) is 4. The molecule has 0 spiro atoms. The van der Waals surface area contributed by atoms with E-state index in [9.17, 15) is 0 Å². The predicted molar refractivity (Wildman–Crippen MR) is 223 cm³/mol. The zero-order valence-electron chi connectivity index (χ0n) is 28.1. The van der Waals surface area contributed by atoms with E-state index in [0.29, 0.717) is 0 Å². The van der Waals surface area contributed by atoms with Gasteiger partial charge in [-0.2, -0.15) is 0 Å². The van der Waals surface area contributed by atoms with Gasteiger partial charge >= 0.3 is 0 Å². The highest BCUT2D eigenvalue weighted by atomic mass is 32.1. The minimum atomic E-state index is 0.798. The summed E-state index contributed by atoms with van der Waals surface area (Å²) in [5.41, 5.74) is 7.45. The number of fused-ring (bicyclic) bond motifs is 9. The number of benzene rings is 8. The van der Waals surface area contributed by atoms with E-state index in [4.69, 9.17) is 14.4 Å². The molecular weight excluding hydrogens is 667 g/mol. The lowest BCUT2D eigenvalue weighted by Crippen LogP contribution is -2.04. The van der Waals surface area contributed by atoms with E-state index < -0.39 is 0 Å². The SMILES string of the molecule is c1ccc2c(c1)ccc1nc(-n3c4cccc5c6ccccc6c6cccc7sc8ccc3c(c8c76)c54)c(-c3ccc4c(c3)oc3ccccc34)nc12. The fraction of sp³-hybridized carbons (Fsp3) is 0. The quantitative estimate of drug-likeness (QED) is 0.170. The molecule has 244 valence electrons. The summed E-state index contributed by atoms with van der Waals surface area (Å²) in [4.78, 5) is 11.2. The third kappa shape index (κ3) is 3.59. The van der Waals surface area contributed by atoms with Crippen molar-refractivity contribution in [1.29, 1.82) is 0 Å². The Bertz CT molecular complexity index is 3700. The van der Waals surface area contributed by atoms with E-state index in [1.807, 2.05) is 23.5 Å². The molecule has 0 N–H and O–H groups in total. The van der Waals surface area contributed by atoms with Crippen molar-refractivity contribution in [3.05, 3.63) is 152 Å². The van der Waals surface area contributed by atoms with Crippen molar-refractivity contribution in [1.82, 2.24) is 14.5 Å². The molecule has 0 aliphatic rings. The molecule has 0 aliphatic heterocycles. The number of hydrogen-bond donors (Lipinski definition) is 0. The molecule has 4 heterocycles. The van der Waals surface area contributed by atoms with Gasteiger partial charge in [0.2, 0.25) is 0 Å². The number of nitrogens with zero attached hydrogens (tertiary/aromatic N) is 3. The molecular formula is C48H25N3OS. The van der Waals surface area contributed by atoms with Crippen LogP contribution in [0.25, 0.3) is 124 Å². The van der Waals surface area contributed by atoms with Gasteiger partial charge in [-0.3, -0.25) is 4.57 Å². The molecule has 0 saturated carbocycles. The maximum atomic E-state index is 6.44. The third-order valence-electron chi connectivity index (χ3n) is 11.3. The van der Waals surface area contributed by atoms with Crippen LogP contribution in [-0.4, -0.2) is 14.5 Å². The van der Waals surface area contributed by atoms with E-state index in [2.05, 4.69) is 144 Å². The van der Waals surface area contributed by atoms with Crippen LogP contribution in [0.2, 0.25) is 0 Å². The monoisotopic (exact) mass is 691 g/mol. The van der Waals surface area contributed by atoms with Crippen molar-refractivity contribution in [3.63, 3.8) is 0 Å². The number of furan rings is 1. The van der Waals surface area contributed by atoms with Crippen molar-refractivity contribution >= 4 is 119 Å². The molecule has 0 saturated heterocycles. The van der Waals surface area contributed by atoms with Crippen molar-refractivity contribution < 1.29 is 4.42 Å². The van der Waals surface area contributed by atoms with Crippen LogP contribution >= 0.6 is 11.3 Å². The van der Waals surface area contributed by atoms with Crippen LogP contribution < -0.4 is 0 Å². The number of thiophene rings is 1. The van der Waals surface area contributed by atoms with Crippen molar-refractivity contribution in [2.45, 2.75) is 0 Å². The van der Waals surface area contributed by atoms with Gasteiger partial charge in [-0.25, -0.2) is 9.97 Å². The van der Waals surface area contributed by atoms with Gasteiger partial charge < -0.3 is 4.42 Å². The fourth-order valence-corrected chi connectivity index (χ4v) is 10.2. The van der Waals surface area contributed by atoms with Gasteiger partial charge in [-0.05, 0) is 75.5 Å². The van der Waals surface area contributed by atoms with Crippen LogP contribution in [0.4, 0.5) is 0 Å². The van der Waals surface area contributed by atoms with Crippen LogP contribution in [0.5, 0.6) is 0 Å². The Hall–Kier alpha value is -6.82. The Kier molecular flexibility index (Phi) is 5.22. The highest BCUT2D eigenvalue weighted by Crippen LogP contribution is 2.49. The lowest BCUT2D eigenvalue weighted by molar-refractivity contribution is 0.669. The molecule has 0 bridgehead atoms. The van der Waals surface area contributed by atoms with Crippen LogP contribution in [0.3, 0.4) is 0 Å². The van der Waals surface area contributed by atoms with Crippen molar-refractivity contribution in [2.24, 2.45) is 0 Å². The zero-order valence-corrected chi connectivity index (χ0v) is 28.9. The minimum absolute atomic E-state index is 0.798. The van der Waals surface area contributed by atoms with Crippen molar-refractivity contribution in [2.75, 3.05) is 0 Å². The molecule has 0 atom stereocenters. The minimum Gasteiger partial charge on any atom is -0.456 e. The lowest BCUT2D eigenvalue weighted by Gasteiger charge is -2.15. The molecule has 5 heteroatoms. The Balaban J connectivity index is 1.24. The Morgan fingerprint density at radius 2 is 1.15 bits per heavy atom. The topological polar surface area (TPSA) is 43.9 Å². The standard InChI is InChI=1S/C48H25N3OS/c1-2-10-28-26(9-1)20-22-35-47(28)50-46(27-19-21-32-31-13-5-6-17-38(31)52-39(32)25-27)48(49-35)51-36-16-7-14-33-29-11-3-4-12-30(29)34-15-8-18-40-43(34)45-41(53-40)24-23-37(51)44(45)42(33)36/h1-25H. The van der Waals surface area contributed by atoms with E-state index in [-0.39, 0.29) is 0 Å². The first kappa shape index (κ1) is 27.8. The summed E-state index contributed by atoms with van der Waals surface area (Å²) in [6.45, 7) is 0. The summed E-state index contributed by atoms with van der Waals surface area (Å²) in [5, 5.41) is 14.6. The second kappa shape index (κ2) is 9.94. The Labute approximate surface area is 305 Å². The molecule has 4 nitrogen and oxygen atoms in total. The van der Waals surface area contributed by atoms with Gasteiger partial charge in [0.05, 0.1) is 22.1 Å². The maximum absolute atomic E-state index is 6.44. The average Bonchev–Trinajstić information content (AvgIpc) is 3.88. The van der Waals surface area contributed by atoms with E-state index >= 15 is 0 Å². The van der Waals surface area contributed by atoms with Crippen LogP contribution in [0.15, 0.2) is 156 Å². The molecule has 9 aromatic carbocycles. The smallest absolute Gasteiger partial charge is 0.165 e. The molecule has 0 unspecified atom stereocenters. The molecule has 13 rings (SSSR count). The summed E-state index contributed by atoms with van der Waals surface area (Å²) in [6, 6.07) is 54.4. The first-order valence-corrected chi connectivity index (χ1v) is 18.7. The van der Waals surface area contributed by atoms with Gasteiger partial charge in [-0.15, -0.1) is 11.3 Å². The summed E-state index contributed by atoms with van der Waals surface area (Å²) in [6.07, 6.45) is 0. The Morgan fingerprint density at radius 3 is 2.04 bits per heavy atom. The predicted octanol–water partition coefficient (Wildman–Crippen LogP) is 13.6. The number of rotatable bonds is 2. The summed E-state index contributed by atoms with van der Waals surface area (Å²) >= 11 is 1.88. The van der Waals surface area contributed by atoms with Crippen LogP contribution in [-0.2, 0) is 0 Å². The van der Waals surface area contributed by atoms with Gasteiger partial charge in [0, 0.05) is 52.7 Å².